The van der Waals surface area contributed by atoms with Crippen LogP contribution in [0.25, 0.3) is 0 Å². The molecule has 0 aliphatic rings. The van der Waals surface area contributed by atoms with Crippen LogP contribution in [0.3, 0.4) is 0 Å². The van der Waals surface area contributed by atoms with Crippen molar-refractivity contribution in [2.24, 2.45) is 5.92 Å². The second kappa shape index (κ2) is 8.36. The number of hydrogen-bond acceptors (Lipinski definition) is 1. The molecule has 1 unspecified atom stereocenters. The molecule has 0 spiro atoms. The summed E-state index contributed by atoms with van der Waals surface area (Å²) in [5.41, 5.74) is 0. The highest BCUT2D eigenvalue weighted by atomic mass is 19.4. The van der Waals surface area contributed by atoms with Crippen molar-refractivity contribution in [1.29, 1.82) is 0 Å². The van der Waals surface area contributed by atoms with E-state index in [1.807, 2.05) is 13.8 Å². The zero-order chi connectivity index (χ0) is 17.6. The minimum atomic E-state index is -5.40. The van der Waals surface area contributed by atoms with E-state index in [1.54, 1.807) is 0 Å². The lowest BCUT2D eigenvalue weighted by atomic mass is 9.95. The molecule has 0 aliphatic heterocycles. The number of alkyl halides is 7. The third-order valence-corrected chi connectivity index (χ3v) is 3.67. The quantitative estimate of drug-likeness (QED) is 0.432. The normalized spacial score (nSPS) is 15.4. The van der Waals surface area contributed by atoms with Crippen molar-refractivity contribution in [3.05, 3.63) is 0 Å². The van der Waals surface area contributed by atoms with Gasteiger partial charge in [0.1, 0.15) is 6.42 Å². The first-order chi connectivity index (χ1) is 9.88. The number of halogens is 7. The Morgan fingerprint density at radius 3 is 1.64 bits per heavy atom. The lowest BCUT2D eigenvalue weighted by molar-refractivity contribution is -0.378. The van der Waals surface area contributed by atoms with Gasteiger partial charge in [0, 0.05) is 0 Å². The third-order valence-electron chi connectivity index (χ3n) is 3.67. The lowest BCUT2D eigenvalue weighted by Gasteiger charge is -2.30. The first kappa shape index (κ1) is 21.5. The van der Waals surface area contributed by atoms with E-state index in [4.69, 9.17) is 0 Å². The van der Waals surface area contributed by atoms with Crippen LogP contribution in [0.5, 0.6) is 0 Å². The van der Waals surface area contributed by atoms with Crippen molar-refractivity contribution >= 4 is 0 Å². The second-order valence-corrected chi connectivity index (χ2v) is 5.42. The molecule has 1 atom stereocenters. The Balaban J connectivity index is 4.76. The molecule has 8 heteroatoms. The van der Waals surface area contributed by atoms with E-state index in [2.05, 4.69) is 4.74 Å². The van der Waals surface area contributed by atoms with Gasteiger partial charge >= 0.3 is 18.2 Å². The molecule has 0 radical (unpaired) electrons. The van der Waals surface area contributed by atoms with Crippen LogP contribution in [0.2, 0.25) is 0 Å². The average molecular weight is 340 g/mol. The first-order valence-electron chi connectivity index (χ1n) is 7.38. The van der Waals surface area contributed by atoms with Gasteiger partial charge in [-0.25, -0.2) is 0 Å². The topological polar surface area (TPSA) is 9.23 Å². The van der Waals surface area contributed by atoms with Crippen LogP contribution in [0.15, 0.2) is 0 Å². The summed E-state index contributed by atoms with van der Waals surface area (Å²) in [4.78, 5) is 0. The van der Waals surface area contributed by atoms with Gasteiger partial charge in [0.05, 0.1) is 6.10 Å². The predicted octanol–water partition coefficient (Wildman–Crippen LogP) is 6.18. The zero-order valence-electron chi connectivity index (χ0n) is 13.0. The molecule has 0 fully saturated rings. The Kier molecular flexibility index (Phi) is 8.16. The standard InChI is InChI=1S/C14H23F7O/c1-4-10(5-2)7-8-11(6-3)22-14(20,21)12(15,16)9-13(17,18)19/h10-11H,4-9H2,1-3H3. The van der Waals surface area contributed by atoms with Crippen molar-refractivity contribution in [3.63, 3.8) is 0 Å². The summed E-state index contributed by atoms with van der Waals surface area (Å²) in [7, 11) is 0. The molecular weight excluding hydrogens is 317 g/mol. The van der Waals surface area contributed by atoms with Gasteiger partial charge in [0.15, 0.2) is 0 Å². The van der Waals surface area contributed by atoms with E-state index in [9.17, 15) is 30.7 Å². The molecule has 0 bridgehead atoms. The Labute approximate surface area is 126 Å². The van der Waals surface area contributed by atoms with Crippen molar-refractivity contribution in [1.82, 2.24) is 0 Å². The van der Waals surface area contributed by atoms with Gasteiger partial charge in [-0.3, -0.25) is 0 Å². The van der Waals surface area contributed by atoms with Gasteiger partial charge in [0.2, 0.25) is 0 Å². The third kappa shape index (κ3) is 7.15. The van der Waals surface area contributed by atoms with Crippen LogP contribution >= 0.6 is 0 Å². The molecule has 0 aliphatic carbocycles. The average Bonchev–Trinajstić information content (AvgIpc) is 2.35. The van der Waals surface area contributed by atoms with Crippen LogP contribution < -0.4 is 0 Å². The Morgan fingerprint density at radius 2 is 1.27 bits per heavy atom. The fourth-order valence-electron chi connectivity index (χ4n) is 2.12. The van der Waals surface area contributed by atoms with Gasteiger partial charge in [-0.05, 0) is 25.2 Å². The fraction of sp³-hybridized carbons (Fsp3) is 1.00. The van der Waals surface area contributed by atoms with Crippen LogP contribution in [0.1, 0.15) is 59.3 Å². The molecule has 134 valence electrons. The van der Waals surface area contributed by atoms with E-state index in [0.29, 0.717) is 6.42 Å². The number of ether oxygens (including phenoxy) is 1. The highest BCUT2D eigenvalue weighted by molar-refractivity contribution is 4.81. The van der Waals surface area contributed by atoms with Crippen LogP contribution in [-0.4, -0.2) is 24.3 Å². The van der Waals surface area contributed by atoms with Gasteiger partial charge in [-0.1, -0.05) is 33.6 Å². The largest absolute Gasteiger partial charge is 0.420 e. The van der Waals surface area contributed by atoms with Crippen molar-refractivity contribution in [2.45, 2.75) is 83.6 Å². The molecule has 0 saturated carbocycles. The van der Waals surface area contributed by atoms with Crippen LogP contribution in [0, 0.1) is 5.92 Å². The minimum Gasteiger partial charge on any atom is -0.312 e. The first-order valence-corrected chi connectivity index (χ1v) is 7.38. The molecule has 1 nitrogen and oxygen atoms in total. The van der Waals surface area contributed by atoms with Crippen LogP contribution in [-0.2, 0) is 4.74 Å². The Bertz CT molecular complexity index is 311. The number of hydrogen-bond donors (Lipinski definition) is 0. The smallest absolute Gasteiger partial charge is 0.312 e. The summed E-state index contributed by atoms with van der Waals surface area (Å²) in [5, 5.41) is 0. The molecule has 0 amide bonds. The summed E-state index contributed by atoms with van der Waals surface area (Å²) in [5.74, 6) is -5.03. The number of rotatable bonds is 10. The zero-order valence-corrected chi connectivity index (χ0v) is 13.0. The van der Waals surface area contributed by atoms with E-state index in [1.165, 1.54) is 6.92 Å². The maximum absolute atomic E-state index is 13.4. The second-order valence-electron chi connectivity index (χ2n) is 5.42. The molecule has 0 aromatic rings. The van der Waals surface area contributed by atoms with E-state index >= 15 is 0 Å². The monoisotopic (exact) mass is 340 g/mol. The van der Waals surface area contributed by atoms with Crippen molar-refractivity contribution < 1.29 is 35.5 Å². The highest BCUT2D eigenvalue weighted by Crippen LogP contribution is 2.44. The summed E-state index contributed by atoms with van der Waals surface area (Å²) >= 11 is 0. The van der Waals surface area contributed by atoms with Gasteiger partial charge in [-0.15, -0.1) is 0 Å². The van der Waals surface area contributed by atoms with Crippen molar-refractivity contribution in [3.8, 4) is 0 Å². The summed E-state index contributed by atoms with van der Waals surface area (Å²) < 4.78 is 93.0. The van der Waals surface area contributed by atoms with E-state index < -0.39 is 30.7 Å². The molecular formula is C14H23F7O. The Morgan fingerprint density at radius 1 is 0.773 bits per heavy atom. The van der Waals surface area contributed by atoms with Gasteiger partial charge < -0.3 is 4.74 Å². The van der Waals surface area contributed by atoms with E-state index in [-0.39, 0.29) is 18.8 Å². The fourth-order valence-corrected chi connectivity index (χ4v) is 2.12. The van der Waals surface area contributed by atoms with Crippen molar-refractivity contribution in [2.75, 3.05) is 0 Å². The molecule has 0 aromatic carbocycles. The molecule has 0 saturated heterocycles. The maximum Gasteiger partial charge on any atom is 0.420 e. The molecule has 0 rings (SSSR count). The van der Waals surface area contributed by atoms with E-state index in [0.717, 1.165) is 12.8 Å². The molecule has 22 heavy (non-hydrogen) atoms. The highest BCUT2D eigenvalue weighted by Gasteiger charge is 2.63. The molecule has 0 N–H and O–H groups in total. The predicted molar refractivity (Wildman–Crippen MR) is 69.0 cm³/mol. The molecule has 0 heterocycles. The molecule has 0 aromatic heterocycles. The van der Waals surface area contributed by atoms with Gasteiger partial charge in [-0.2, -0.15) is 30.7 Å². The summed E-state index contributed by atoms with van der Waals surface area (Å²) in [6.45, 7) is 5.31. The minimum absolute atomic E-state index is 0.0256. The Hall–Kier alpha value is -0.530. The van der Waals surface area contributed by atoms with Crippen LogP contribution in [0.4, 0.5) is 30.7 Å². The maximum atomic E-state index is 13.4. The summed E-state index contributed by atoms with van der Waals surface area (Å²) in [6, 6.07) is 0. The summed E-state index contributed by atoms with van der Waals surface area (Å²) in [6.07, 6.45) is -12.4. The van der Waals surface area contributed by atoms with Gasteiger partial charge in [0.25, 0.3) is 0 Å². The SMILES string of the molecule is CCC(CC)CCC(CC)OC(F)(F)C(F)(F)CC(F)(F)F. The lowest BCUT2D eigenvalue weighted by Crippen LogP contribution is -2.47.